The third-order valence-electron chi connectivity index (χ3n) is 5.58. The van der Waals surface area contributed by atoms with Crippen LogP contribution in [0.4, 0.5) is 21.8 Å². The Morgan fingerprint density at radius 1 is 1.20 bits per heavy atom. The fraction of sp³-hybridized carbons (Fsp3) is 0.423. The first-order valence-electron chi connectivity index (χ1n) is 12.5. The number of likely N-dealkylation sites (N-methyl/N-ethyl adjacent to an activating group) is 1. The molecule has 13 nitrogen and oxygen atoms in total. The molecular weight excluding hydrogens is 525 g/mol. The molecule has 3 aromatic rings. The predicted octanol–water partition coefficient (Wildman–Crippen LogP) is 3.72. The molecule has 0 saturated heterocycles. The molecule has 40 heavy (non-hydrogen) atoms. The molecule has 0 amide bonds. The first-order valence-corrected chi connectivity index (χ1v) is 12.5. The summed E-state index contributed by atoms with van der Waals surface area (Å²) in [5.74, 6) is -2.34. The average Bonchev–Trinajstić information content (AvgIpc) is 3.33. The molecule has 0 aliphatic rings. The Kier molecular flexibility index (Phi) is 9.35. The predicted molar refractivity (Wildman–Crippen MR) is 143 cm³/mol. The van der Waals surface area contributed by atoms with Crippen molar-refractivity contribution in [1.82, 2.24) is 19.7 Å². The van der Waals surface area contributed by atoms with E-state index < -0.39 is 39.9 Å². The van der Waals surface area contributed by atoms with Crippen LogP contribution in [0.5, 0.6) is 0 Å². The van der Waals surface area contributed by atoms with Crippen LogP contribution in [0.2, 0.25) is 0 Å². The number of esters is 2. The molecule has 3 rings (SSSR count). The van der Waals surface area contributed by atoms with Crippen molar-refractivity contribution in [2.24, 2.45) is 0 Å². The van der Waals surface area contributed by atoms with Gasteiger partial charge in [0.1, 0.15) is 17.5 Å². The van der Waals surface area contributed by atoms with E-state index in [-0.39, 0.29) is 30.7 Å². The van der Waals surface area contributed by atoms with Crippen molar-refractivity contribution >= 4 is 29.4 Å². The normalized spacial score (nSPS) is 12.0. The fourth-order valence-electron chi connectivity index (χ4n) is 3.55. The first-order chi connectivity index (χ1) is 18.8. The number of benzene rings is 1. The van der Waals surface area contributed by atoms with Gasteiger partial charge in [-0.25, -0.2) is 14.0 Å². The summed E-state index contributed by atoms with van der Waals surface area (Å²) < 4.78 is 25.3. The summed E-state index contributed by atoms with van der Waals surface area (Å²) >= 11 is 0. The molecule has 2 heterocycles. The molecule has 1 aromatic carbocycles. The minimum Gasteiger partial charge on any atom is -0.461 e. The molecular formula is C26H32FN7O6. The number of halogens is 1. The van der Waals surface area contributed by atoms with Crippen LogP contribution in [0, 0.1) is 15.9 Å². The molecule has 1 N–H and O–H groups in total. The molecule has 0 radical (unpaired) electrons. The number of ether oxygens (including phenoxy) is 2. The molecule has 0 bridgehead atoms. The van der Waals surface area contributed by atoms with Crippen molar-refractivity contribution in [3.63, 3.8) is 0 Å². The minimum atomic E-state index is -1.01. The molecule has 0 unspecified atom stereocenters. The lowest BCUT2D eigenvalue weighted by Gasteiger charge is -2.28. The van der Waals surface area contributed by atoms with E-state index in [2.05, 4.69) is 20.4 Å². The summed E-state index contributed by atoms with van der Waals surface area (Å²) in [4.78, 5) is 46.3. The molecule has 0 saturated carbocycles. The molecule has 0 spiro atoms. The molecule has 0 aliphatic heterocycles. The maximum absolute atomic E-state index is 13.2. The number of nitro groups is 1. The Hall–Kier alpha value is -4.62. The van der Waals surface area contributed by atoms with Crippen LogP contribution < -0.4 is 10.2 Å². The number of nitrogens with zero attached hydrogens (tertiary/aromatic N) is 6. The maximum Gasteiger partial charge on any atom is 0.364 e. The highest BCUT2D eigenvalue weighted by atomic mass is 19.1. The van der Waals surface area contributed by atoms with E-state index in [1.807, 2.05) is 0 Å². The number of carbonyl (C=O) groups is 2. The smallest absolute Gasteiger partial charge is 0.364 e. The standard InChI is InChI=1S/C26H32FN7O6/c1-7-39-24(36)20-21(34(37)38)22(32(6)16(2)23(35)40-26(3,4)5)31-25(30-20)28-12-18-13-29-33(15-18)14-17-8-10-19(27)11-9-17/h8-11,13,15-16H,7,12,14H2,1-6H3,(H,28,30,31)/t16-/m0/s1. The highest BCUT2D eigenvalue weighted by Gasteiger charge is 2.36. The molecule has 0 fully saturated rings. The first kappa shape index (κ1) is 29.9. The van der Waals surface area contributed by atoms with Gasteiger partial charge in [-0.2, -0.15) is 15.1 Å². The number of hydrogen-bond donors (Lipinski definition) is 1. The van der Waals surface area contributed by atoms with Gasteiger partial charge in [0.25, 0.3) is 0 Å². The lowest BCUT2D eigenvalue weighted by molar-refractivity contribution is -0.384. The van der Waals surface area contributed by atoms with E-state index in [1.54, 1.807) is 56.9 Å². The van der Waals surface area contributed by atoms with Crippen molar-refractivity contribution in [2.45, 2.75) is 59.4 Å². The SMILES string of the molecule is CCOC(=O)c1nc(NCc2cnn(Cc3ccc(F)cc3)c2)nc(N(C)[C@@H](C)C(=O)OC(C)(C)C)c1[N+](=O)[O-]. The third kappa shape index (κ3) is 7.71. The van der Waals surface area contributed by atoms with Crippen molar-refractivity contribution in [3.05, 3.63) is 69.4 Å². The second-order valence-electron chi connectivity index (χ2n) is 9.89. The summed E-state index contributed by atoms with van der Waals surface area (Å²) in [5, 5.41) is 19.3. The van der Waals surface area contributed by atoms with E-state index in [1.165, 1.54) is 31.0 Å². The van der Waals surface area contributed by atoms with Crippen LogP contribution in [0.15, 0.2) is 36.7 Å². The summed E-state index contributed by atoms with van der Waals surface area (Å²) in [7, 11) is 1.43. The lowest BCUT2D eigenvalue weighted by Crippen LogP contribution is -2.41. The van der Waals surface area contributed by atoms with Crippen LogP contribution in [-0.2, 0) is 27.4 Å². The topological polar surface area (TPSA) is 155 Å². The van der Waals surface area contributed by atoms with E-state index in [9.17, 15) is 24.1 Å². The molecule has 14 heteroatoms. The Morgan fingerprint density at radius 2 is 1.88 bits per heavy atom. The Morgan fingerprint density at radius 3 is 2.48 bits per heavy atom. The number of anilines is 2. The Labute approximate surface area is 230 Å². The number of aromatic nitrogens is 4. The largest absolute Gasteiger partial charge is 0.461 e. The van der Waals surface area contributed by atoms with E-state index in [4.69, 9.17) is 9.47 Å². The van der Waals surface area contributed by atoms with Crippen LogP contribution in [0.3, 0.4) is 0 Å². The average molecular weight is 558 g/mol. The van der Waals surface area contributed by atoms with Gasteiger partial charge in [-0.05, 0) is 52.3 Å². The maximum atomic E-state index is 13.2. The second-order valence-corrected chi connectivity index (χ2v) is 9.89. The van der Waals surface area contributed by atoms with Crippen LogP contribution in [0.1, 0.15) is 56.2 Å². The van der Waals surface area contributed by atoms with Gasteiger partial charge in [0, 0.05) is 25.4 Å². The quantitative estimate of drug-likeness (QED) is 0.208. The lowest BCUT2D eigenvalue weighted by atomic mass is 10.2. The van der Waals surface area contributed by atoms with Crippen molar-refractivity contribution < 1.29 is 28.4 Å². The van der Waals surface area contributed by atoms with Crippen molar-refractivity contribution in [2.75, 3.05) is 23.9 Å². The minimum absolute atomic E-state index is 0.0323. The van der Waals surface area contributed by atoms with Crippen molar-refractivity contribution in [3.8, 4) is 0 Å². The zero-order chi connectivity index (χ0) is 29.6. The molecule has 0 aliphatic carbocycles. The van der Waals surface area contributed by atoms with Crippen LogP contribution >= 0.6 is 0 Å². The number of carbonyl (C=O) groups excluding carboxylic acids is 2. The van der Waals surface area contributed by atoms with Gasteiger partial charge >= 0.3 is 17.6 Å². The number of hydrogen-bond acceptors (Lipinski definition) is 11. The van der Waals surface area contributed by atoms with Gasteiger partial charge in [-0.3, -0.25) is 14.8 Å². The summed E-state index contributed by atoms with van der Waals surface area (Å²) in [6.45, 7) is 8.72. The molecule has 2 aromatic heterocycles. The third-order valence-corrected chi connectivity index (χ3v) is 5.58. The van der Waals surface area contributed by atoms with E-state index in [0.29, 0.717) is 6.54 Å². The Balaban J connectivity index is 1.90. The van der Waals surface area contributed by atoms with Gasteiger partial charge < -0.3 is 19.7 Å². The molecule has 214 valence electrons. The molecule has 1 atom stereocenters. The highest BCUT2D eigenvalue weighted by Crippen LogP contribution is 2.32. The summed E-state index contributed by atoms with van der Waals surface area (Å²) in [6.07, 6.45) is 3.36. The van der Waals surface area contributed by atoms with Gasteiger partial charge in [-0.1, -0.05) is 12.1 Å². The highest BCUT2D eigenvalue weighted by molar-refractivity contribution is 5.95. The summed E-state index contributed by atoms with van der Waals surface area (Å²) in [5.41, 5.74) is -0.468. The summed E-state index contributed by atoms with van der Waals surface area (Å²) in [6, 6.07) is 5.07. The van der Waals surface area contributed by atoms with Gasteiger partial charge in [0.2, 0.25) is 17.5 Å². The monoisotopic (exact) mass is 557 g/mol. The second kappa shape index (κ2) is 12.5. The van der Waals surface area contributed by atoms with Crippen molar-refractivity contribution in [1.29, 1.82) is 0 Å². The van der Waals surface area contributed by atoms with Gasteiger partial charge in [0.05, 0.1) is 24.3 Å². The van der Waals surface area contributed by atoms with Gasteiger partial charge in [-0.15, -0.1) is 0 Å². The zero-order valence-electron chi connectivity index (χ0n) is 23.2. The number of rotatable bonds is 11. The van der Waals surface area contributed by atoms with Gasteiger partial charge in [0.15, 0.2) is 0 Å². The zero-order valence-corrected chi connectivity index (χ0v) is 23.2. The van der Waals surface area contributed by atoms with Crippen LogP contribution in [0.25, 0.3) is 0 Å². The number of nitrogens with one attached hydrogen (secondary N) is 1. The fourth-order valence-corrected chi connectivity index (χ4v) is 3.55. The van der Waals surface area contributed by atoms with E-state index >= 15 is 0 Å². The Bertz CT molecular complexity index is 1370. The van der Waals surface area contributed by atoms with Crippen LogP contribution in [-0.4, -0.2) is 61.9 Å². The van der Waals surface area contributed by atoms with E-state index in [0.717, 1.165) is 11.1 Å².